The van der Waals surface area contributed by atoms with E-state index in [0.29, 0.717) is 0 Å². The summed E-state index contributed by atoms with van der Waals surface area (Å²) < 4.78 is 0. The standard InChI is InChI=1S/C25H38Si/c1-26(21-11-3-2-4-12-21,24-17-15-19-9-5-7-13-22(19)24)25-18-16-20-10-6-8-14-23(20)25/h2-4,11-12,19-20,22-25H,5-10,13-18H2,1H3/t19?,20?,22?,23?,24-,25?,26?/m0/s1. The third-order valence-electron chi connectivity index (χ3n) is 9.60. The van der Waals surface area contributed by atoms with Gasteiger partial charge in [0.15, 0.2) is 0 Å². The molecule has 4 saturated carbocycles. The summed E-state index contributed by atoms with van der Waals surface area (Å²) in [5.41, 5.74) is 2.17. The second-order valence-electron chi connectivity index (χ2n) is 10.4. The smallest absolute Gasteiger partial charge is 0.0648 e. The van der Waals surface area contributed by atoms with Crippen molar-refractivity contribution in [3.63, 3.8) is 0 Å². The fraction of sp³-hybridized carbons (Fsp3) is 0.760. The van der Waals surface area contributed by atoms with Crippen molar-refractivity contribution >= 4 is 13.3 Å². The summed E-state index contributed by atoms with van der Waals surface area (Å²) >= 11 is 0. The number of fused-ring (bicyclic) bond motifs is 2. The lowest BCUT2D eigenvalue weighted by atomic mass is 9.81. The molecule has 1 aromatic carbocycles. The monoisotopic (exact) mass is 366 g/mol. The van der Waals surface area contributed by atoms with Gasteiger partial charge in [0.2, 0.25) is 0 Å². The van der Waals surface area contributed by atoms with Gasteiger partial charge in [-0.15, -0.1) is 0 Å². The molecule has 142 valence electrons. The maximum absolute atomic E-state index is 2.87. The van der Waals surface area contributed by atoms with Gasteiger partial charge in [-0.25, -0.2) is 0 Å². The van der Waals surface area contributed by atoms with Crippen molar-refractivity contribution in [1.82, 2.24) is 0 Å². The Morgan fingerprint density at radius 3 is 1.65 bits per heavy atom. The highest BCUT2D eigenvalue weighted by Gasteiger charge is 2.56. The minimum absolute atomic E-state index is 1.08. The maximum atomic E-state index is 2.87. The topological polar surface area (TPSA) is 0 Å². The van der Waals surface area contributed by atoms with Gasteiger partial charge in [-0.1, -0.05) is 119 Å². The van der Waals surface area contributed by atoms with Gasteiger partial charge in [0, 0.05) is 0 Å². The zero-order valence-corrected chi connectivity index (χ0v) is 17.8. The van der Waals surface area contributed by atoms with Crippen LogP contribution in [0.3, 0.4) is 0 Å². The number of rotatable bonds is 3. The molecule has 0 nitrogen and oxygen atoms in total. The van der Waals surface area contributed by atoms with E-state index in [4.69, 9.17) is 0 Å². The first-order valence-electron chi connectivity index (χ1n) is 11.8. The second-order valence-corrected chi connectivity index (χ2v) is 15.1. The zero-order chi connectivity index (χ0) is 17.6. The van der Waals surface area contributed by atoms with Crippen molar-refractivity contribution in [2.24, 2.45) is 23.7 Å². The maximum Gasteiger partial charge on any atom is 0.0903 e. The minimum atomic E-state index is -1.48. The van der Waals surface area contributed by atoms with Gasteiger partial charge < -0.3 is 0 Å². The van der Waals surface area contributed by atoms with E-state index in [-0.39, 0.29) is 0 Å². The van der Waals surface area contributed by atoms with E-state index < -0.39 is 8.07 Å². The molecule has 4 aliphatic rings. The van der Waals surface area contributed by atoms with E-state index >= 15 is 0 Å². The highest BCUT2D eigenvalue weighted by atomic mass is 28.3. The molecule has 0 spiro atoms. The quantitative estimate of drug-likeness (QED) is 0.510. The van der Waals surface area contributed by atoms with Gasteiger partial charge in [-0.05, 0) is 34.8 Å². The predicted octanol–water partition coefficient (Wildman–Crippen LogP) is 6.91. The van der Waals surface area contributed by atoms with Gasteiger partial charge in [0.25, 0.3) is 0 Å². The molecule has 0 saturated heterocycles. The lowest BCUT2D eigenvalue weighted by Crippen LogP contribution is -2.55. The summed E-state index contributed by atoms with van der Waals surface area (Å²) in [7, 11) is -1.48. The van der Waals surface area contributed by atoms with Crippen molar-refractivity contribution in [2.75, 3.05) is 0 Å². The molecule has 0 radical (unpaired) electrons. The van der Waals surface area contributed by atoms with Gasteiger partial charge in [0.1, 0.15) is 0 Å². The molecule has 1 heteroatoms. The van der Waals surface area contributed by atoms with Gasteiger partial charge >= 0.3 is 0 Å². The van der Waals surface area contributed by atoms with Crippen molar-refractivity contribution in [1.29, 1.82) is 0 Å². The highest BCUT2D eigenvalue weighted by Crippen LogP contribution is 2.61. The van der Waals surface area contributed by atoms with Crippen LogP contribution in [0.1, 0.15) is 77.0 Å². The molecule has 5 rings (SSSR count). The van der Waals surface area contributed by atoms with Gasteiger partial charge in [-0.3, -0.25) is 0 Å². The molecule has 26 heavy (non-hydrogen) atoms. The average molecular weight is 367 g/mol. The Kier molecular flexibility index (Phi) is 4.80. The fourth-order valence-electron chi connectivity index (χ4n) is 8.45. The highest BCUT2D eigenvalue weighted by molar-refractivity contribution is 6.93. The lowest BCUT2D eigenvalue weighted by molar-refractivity contribution is 0.264. The normalized spacial score (nSPS) is 42.0. The van der Waals surface area contributed by atoms with Crippen molar-refractivity contribution < 1.29 is 0 Å². The summed E-state index contributed by atoms with van der Waals surface area (Å²) in [5.74, 6) is 4.35. The molecular weight excluding hydrogens is 328 g/mol. The Balaban J connectivity index is 1.54. The summed E-state index contributed by atoms with van der Waals surface area (Å²) in [6.45, 7) is 2.87. The second kappa shape index (κ2) is 7.11. The van der Waals surface area contributed by atoms with Crippen LogP contribution in [0.15, 0.2) is 30.3 Å². The van der Waals surface area contributed by atoms with E-state index in [1.165, 1.54) is 25.7 Å². The van der Waals surface area contributed by atoms with Crippen LogP contribution in [-0.2, 0) is 0 Å². The minimum Gasteiger partial charge on any atom is -0.0648 e. The van der Waals surface area contributed by atoms with Crippen molar-refractivity contribution in [3.8, 4) is 0 Å². The molecule has 1 aromatic rings. The molecule has 7 atom stereocenters. The Morgan fingerprint density at radius 2 is 1.12 bits per heavy atom. The summed E-state index contributed by atoms with van der Waals surface area (Å²) in [6.07, 6.45) is 18.6. The van der Waals surface area contributed by atoms with Crippen LogP contribution in [-0.4, -0.2) is 8.07 Å². The van der Waals surface area contributed by atoms with Crippen LogP contribution >= 0.6 is 0 Å². The van der Waals surface area contributed by atoms with E-state index in [1.807, 2.05) is 5.19 Å². The van der Waals surface area contributed by atoms with Gasteiger partial charge in [0.05, 0.1) is 8.07 Å². The summed E-state index contributed by atoms with van der Waals surface area (Å²) in [6, 6.07) is 12.0. The molecule has 0 heterocycles. The van der Waals surface area contributed by atoms with E-state index in [2.05, 4.69) is 36.9 Å². The Bertz CT molecular complexity index is 576. The summed E-state index contributed by atoms with van der Waals surface area (Å²) in [5, 5.41) is 1.83. The van der Waals surface area contributed by atoms with Crippen molar-refractivity contribution in [2.45, 2.75) is 94.7 Å². The number of hydrogen-bond acceptors (Lipinski definition) is 0. The first-order chi connectivity index (χ1) is 12.8. The molecule has 0 aliphatic heterocycles. The van der Waals surface area contributed by atoms with Crippen molar-refractivity contribution in [3.05, 3.63) is 30.3 Å². The number of hydrogen-bond donors (Lipinski definition) is 0. The van der Waals surface area contributed by atoms with Crippen LogP contribution in [0.5, 0.6) is 0 Å². The first-order valence-corrected chi connectivity index (χ1v) is 14.5. The molecule has 4 aliphatic carbocycles. The Morgan fingerprint density at radius 1 is 0.615 bits per heavy atom. The molecular formula is C25H38Si. The third-order valence-corrected chi connectivity index (χ3v) is 15.7. The number of benzene rings is 1. The van der Waals surface area contributed by atoms with Crippen LogP contribution in [0.25, 0.3) is 0 Å². The van der Waals surface area contributed by atoms with E-state index in [9.17, 15) is 0 Å². The molecule has 0 amide bonds. The summed E-state index contributed by atoms with van der Waals surface area (Å²) in [4.78, 5) is 0. The first kappa shape index (κ1) is 17.5. The Hall–Kier alpha value is -0.563. The molecule has 0 aromatic heterocycles. The predicted molar refractivity (Wildman–Crippen MR) is 115 cm³/mol. The van der Waals surface area contributed by atoms with Crippen LogP contribution in [0.2, 0.25) is 17.6 Å². The molecule has 0 bridgehead atoms. The van der Waals surface area contributed by atoms with Gasteiger partial charge in [-0.2, -0.15) is 0 Å². The lowest BCUT2D eigenvalue weighted by Gasteiger charge is -2.47. The van der Waals surface area contributed by atoms with E-state index in [1.54, 1.807) is 51.4 Å². The fourth-order valence-corrected chi connectivity index (χ4v) is 15.0. The largest absolute Gasteiger partial charge is 0.0903 e. The van der Waals surface area contributed by atoms with Crippen LogP contribution < -0.4 is 5.19 Å². The third kappa shape index (κ3) is 2.76. The van der Waals surface area contributed by atoms with Crippen LogP contribution in [0, 0.1) is 23.7 Å². The van der Waals surface area contributed by atoms with Crippen LogP contribution in [0.4, 0.5) is 0 Å². The molecule has 4 fully saturated rings. The molecule has 6 unspecified atom stereocenters. The zero-order valence-electron chi connectivity index (χ0n) is 16.8. The van der Waals surface area contributed by atoms with E-state index in [0.717, 1.165) is 34.8 Å². The SMILES string of the molecule is C[Si](c1ccccc1)(C1CCC2CCCCC21)[C@H]1CCC2CCCCC21. The molecule has 0 N–H and O–H groups in total. The average Bonchev–Trinajstić information content (AvgIpc) is 3.33. The Labute approximate surface area is 162 Å².